The monoisotopic (exact) mass is 564 g/mol. The fourth-order valence-corrected chi connectivity index (χ4v) is 7.28. The van der Waals surface area contributed by atoms with Crippen LogP contribution in [0, 0.1) is 0 Å². The number of piperidine rings is 1. The molecule has 190 valence electrons. The van der Waals surface area contributed by atoms with Crippen molar-refractivity contribution < 1.29 is 9.00 Å². The highest BCUT2D eigenvalue weighted by Gasteiger charge is 2.27. The lowest BCUT2D eigenvalue weighted by molar-refractivity contribution is 0.247. The highest BCUT2D eigenvalue weighted by atomic mass is 35.5. The molecule has 0 saturated carbocycles. The van der Waals surface area contributed by atoms with Gasteiger partial charge in [-0.2, -0.15) is 5.10 Å². The van der Waals surface area contributed by atoms with Crippen molar-refractivity contribution in [3.8, 4) is 0 Å². The van der Waals surface area contributed by atoms with Gasteiger partial charge in [0.15, 0.2) is 11.0 Å². The molecule has 0 spiro atoms. The Hall–Kier alpha value is -2.40. The molecule has 0 aromatic carbocycles. The number of anilines is 1. The Bertz CT molecular complexity index is 1270. The van der Waals surface area contributed by atoms with Gasteiger partial charge in [-0.25, -0.2) is 14.0 Å². The standard InChI is InChI=1S/C24H26Cl2N6O2S2/c25-19-14-21(35-23(19)26)36(34)30-24(33)28-11-7-16-4-3-5-17-15-29-32(22(16)17)18-8-12-31(13-9-18)20-6-1-2-10-27-20/h1-2,6-7,10,14-15,18H,3-5,8-9,11-13H2,(H2,28,30,33)/b16-7+. The number of urea groups is 1. The number of hydrogen-bond donors (Lipinski definition) is 2. The summed E-state index contributed by atoms with van der Waals surface area (Å²) in [4.78, 5) is 19.1. The number of thiophene rings is 1. The summed E-state index contributed by atoms with van der Waals surface area (Å²) in [6.45, 7) is 2.21. The van der Waals surface area contributed by atoms with Crippen LogP contribution in [0.3, 0.4) is 0 Å². The largest absolute Gasteiger partial charge is 0.356 e. The lowest BCUT2D eigenvalue weighted by atomic mass is 9.92. The van der Waals surface area contributed by atoms with Crippen LogP contribution in [0.5, 0.6) is 0 Å². The van der Waals surface area contributed by atoms with Crippen LogP contribution in [0.1, 0.15) is 43.0 Å². The lowest BCUT2D eigenvalue weighted by Crippen LogP contribution is -2.36. The van der Waals surface area contributed by atoms with Crippen LogP contribution < -0.4 is 14.9 Å². The number of aromatic nitrogens is 3. The maximum atomic E-state index is 12.3. The van der Waals surface area contributed by atoms with Crippen LogP contribution in [0.2, 0.25) is 9.36 Å². The van der Waals surface area contributed by atoms with E-state index in [4.69, 9.17) is 28.3 Å². The zero-order valence-electron chi connectivity index (χ0n) is 19.5. The molecule has 1 saturated heterocycles. The Labute approximate surface area is 226 Å². The molecular formula is C24H26Cl2N6O2S2. The summed E-state index contributed by atoms with van der Waals surface area (Å²) >= 11 is 12.9. The predicted octanol–water partition coefficient (Wildman–Crippen LogP) is 5.23. The molecule has 2 aliphatic rings. The quantitative estimate of drug-likeness (QED) is 0.427. The summed E-state index contributed by atoms with van der Waals surface area (Å²) in [6, 6.07) is 7.33. The third-order valence-corrected chi connectivity index (χ3v) is 9.67. The van der Waals surface area contributed by atoms with Crippen LogP contribution in [-0.2, 0) is 17.4 Å². The van der Waals surface area contributed by atoms with Crippen LogP contribution in [0.15, 0.2) is 46.9 Å². The van der Waals surface area contributed by atoms with E-state index in [2.05, 4.69) is 30.7 Å². The van der Waals surface area contributed by atoms with Gasteiger partial charge < -0.3 is 10.2 Å². The average Bonchev–Trinajstić information content (AvgIpc) is 3.48. The number of hydrogen-bond acceptors (Lipinski definition) is 6. The Kier molecular flexibility index (Phi) is 7.95. The molecular weight excluding hydrogens is 539 g/mol. The minimum absolute atomic E-state index is 0.323. The molecule has 8 nitrogen and oxygen atoms in total. The van der Waals surface area contributed by atoms with Gasteiger partial charge in [0.25, 0.3) is 0 Å². The minimum Gasteiger partial charge on any atom is -0.356 e. The van der Waals surface area contributed by atoms with Gasteiger partial charge in [0.05, 0.1) is 23.0 Å². The summed E-state index contributed by atoms with van der Waals surface area (Å²) < 4.78 is 17.7. The topological polar surface area (TPSA) is 92.2 Å². The normalized spacial score (nSPS) is 18.2. The van der Waals surface area contributed by atoms with Gasteiger partial charge in [0, 0.05) is 25.8 Å². The second-order valence-corrected chi connectivity index (χ2v) is 12.2. The second kappa shape index (κ2) is 11.3. The Morgan fingerprint density at radius 1 is 1.25 bits per heavy atom. The van der Waals surface area contributed by atoms with Gasteiger partial charge in [-0.3, -0.25) is 9.40 Å². The van der Waals surface area contributed by atoms with Crippen molar-refractivity contribution in [2.45, 2.75) is 42.4 Å². The molecule has 1 aliphatic carbocycles. The molecule has 1 fully saturated rings. The first-order valence-electron chi connectivity index (χ1n) is 11.8. The van der Waals surface area contributed by atoms with Gasteiger partial charge in [0.1, 0.15) is 14.4 Å². The molecule has 5 rings (SSSR count). The smallest absolute Gasteiger partial charge is 0.327 e. The molecule has 0 radical (unpaired) electrons. The number of rotatable bonds is 6. The van der Waals surface area contributed by atoms with Crippen molar-refractivity contribution in [1.82, 2.24) is 24.8 Å². The van der Waals surface area contributed by atoms with Gasteiger partial charge >= 0.3 is 6.03 Å². The van der Waals surface area contributed by atoms with Crippen LogP contribution >= 0.6 is 34.5 Å². The third kappa shape index (κ3) is 5.61. The van der Waals surface area contributed by atoms with E-state index < -0.39 is 17.0 Å². The van der Waals surface area contributed by atoms with Crippen molar-refractivity contribution in [3.63, 3.8) is 0 Å². The molecule has 0 bridgehead atoms. The fraction of sp³-hybridized carbons (Fsp3) is 0.375. The number of nitrogens with one attached hydrogen (secondary N) is 2. The summed E-state index contributed by atoms with van der Waals surface area (Å²) in [5.74, 6) is 1.02. The van der Waals surface area contributed by atoms with E-state index in [9.17, 15) is 9.00 Å². The summed E-state index contributed by atoms with van der Waals surface area (Å²) in [6.07, 6.45) is 10.9. The van der Waals surface area contributed by atoms with E-state index in [1.54, 1.807) is 0 Å². The molecule has 2 N–H and O–H groups in total. The molecule has 12 heteroatoms. The summed E-state index contributed by atoms with van der Waals surface area (Å²) in [7, 11) is -1.72. The van der Waals surface area contributed by atoms with Crippen molar-refractivity contribution in [2.24, 2.45) is 0 Å². The van der Waals surface area contributed by atoms with Crippen molar-refractivity contribution in [2.75, 3.05) is 24.5 Å². The first-order valence-corrected chi connectivity index (χ1v) is 14.5. The average molecular weight is 566 g/mol. The van der Waals surface area contributed by atoms with Gasteiger partial charge in [-0.15, -0.1) is 11.3 Å². The highest BCUT2D eigenvalue weighted by molar-refractivity contribution is 7.86. The molecule has 4 heterocycles. The van der Waals surface area contributed by atoms with Crippen LogP contribution in [-0.4, -0.2) is 44.6 Å². The number of nitrogens with zero attached hydrogens (tertiary/aromatic N) is 4. The fourth-order valence-electron chi connectivity index (χ4n) is 4.73. The summed E-state index contributed by atoms with van der Waals surface area (Å²) in [5.41, 5.74) is 3.64. The number of pyridine rings is 1. The Morgan fingerprint density at radius 3 is 2.81 bits per heavy atom. The van der Waals surface area contributed by atoms with Crippen LogP contribution in [0.25, 0.3) is 5.57 Å². The van der Waals surface area contributed by atoms with Crippen molar-refractivity contribution in [3.05, 3.63) is 63.4 Å². The summed E-state index contributed by atoms with van der Waals surface area (Å²) in [5, 5.41) is 7.87. The van der Waals surface area contributed by atoms with E-state index in [-0.39, 0.29) is 0 Å². The zero-order chi connectivity index (χ0) is 25.1. The Morgan fingerprint density at radius 2 is 2.08 bits per heavy atom. The Balaban J connectivity index is 1.21. The SMILES string of the molecule is O=C(NC/C=C1\CCCc2cnn(C3CCN(c4ccccn4)CC3)c21)NS(=O)c1cc(Cl)c(Cl)s1. The number of allylic oxidation sites excluding steroid dienone is 1. The highest BCUT2D eigenvalue weighted by Crippen LogP contribution is 2.35. The van der Waals surface area contributed by atoms with Crippen molar-refractivity contribution in [1.29, 1.82) is 0 Å². The zero-order valence-corrected chi connectivity index (χ0v) is 22.6. The molecule has 2 amide bonds. The number of fused-ring (bicyclic) bond motifs is 1. The van der Waals surface area contributed by atoms with E-state index in [0.717, 1.165) is 62.3 Å². The molecule has 1 unspecified atom stereocenters. The molecule has 3 aromatic heterocycles. The molecule has 3 aromatic rings. The van der Waals surface area contributed by atoms with Crippen molar-refractivity contribution >= 4 is 62.9 Å². The van der Waals surface area contributed by atoms with E-state index in [1.807, 2.05) is 30.6 Å². The van der Waals surface area contributed by atoms with E-state index in [1.165, 1.54) is 22.9 Å². The first kappa shape index (κ1) is 25.3. The predicted molar refractivity (Wildman–Crippen MR) is 145 cm³/mol. The first-order chi connectivity index (χ1) is 17.5. The van der Waals surface area contributed by atoms with Gasteiger partial charge in [-0.1, -0.05) is 35.3 Å². The van der Waals surface area contributed by atoms with Crippen LogP contribution in [0.4, 0.5) is 10.6 Å². The lowest BCUT2D eigenvalue weighted by Gasteiger charge is -2.34. The second-order valence-electron chi connectivity index (χ2n) is 8.72. The molecule has 1 atom stereocenters. The molecule has 36 heavy (non-hydrogen) atoms. The van der Waals surface area contributed by atoms with E-state index >= 15 is 0 Å². The number of halogens is 2. The molecule has 1 aliphatic heterocycles. The number of carbonyl (C=O) groups excluding carboxylic acids is 1. The van der Waals surface area contributed by atoms with Gasteiger partial charge in [-0.05, 0) is 61.4 Å². The number of aryl methyl sites for hydroxylation is 1. The maximum absolute atomic E-state index is 12.3. The maximum Gasteiger partial charge on any atom is 0.327 e. The number of amides is 2. The third-order valence-electron chi connectivity index (χ3n) is 6.45. The number of carbonyl (C=O) groups is 1. The van der Waals surface area contributed by atoms with E-state index in [0.29, 0.717) is 26.2 Å². The minimum atomic E-state index is -1.72. The van der Waals surface area contributed by atoms with Gasteiger partial charge in [0.2, 0.25) is 0 Å².